The van der Waals surface area contributed by atoms with Gasteiger partial charge in [-0.05, 0) is 36.1 Å². The van der Waals surface area contributed by atoms with Crippen LogP contribution >= 0.6 is 11.3 Å². The van der Waals surface area contributed by atoms with Crippen LogP contribution in [0.15, 0.2) is 42.8 Å². The molecule has 0 spiro atoms. The van der Waals surface area contributed by atoms with Crippen molar-refractivity contribution >= 4 is 17.2 Å². The Morgan fingerprint density at radius 2 is 2.05 bits per heavy atom. The van der Waals surface area contributed by atoms with Gasteiger partial charge in [0.2, 0.25) is 5.91 Å². The Hall–Kier alpha value is -1.39. The van der Waals surface area contributed by atoms with Gasteiger partial charge in [0, 0.05) is 11.4 Å². The molecular formula is C18H25NO2S. The SMILES string of the molecule is C=CCC(O)(CC=C)CNC(=O)[C@]1(c2cccs2)CC1(C)C. The van der Waals surface area contributed by atoms with Gasteiger partial charge in [0.25, 0.3) is 0 Å². The topological polar surface area (TPSA) is 49.3 Å². The first-order chi connectivity index (χ1) is 10.3. The number of hydrogen-bond acceptors (Lipinski definition) is 3. The first-order valence-electron chi connectivity index (χ1n) is 7.58. The van der Waals surface area contributed by atoms with Crippen molar-refractivity contribution in [2.24, 2.45) is 5.41 Å². The maximum absolute atomic E-state index is 12.8. The van der Waals surface area contributed by atoms with Gasteiger partial charge in [-0.3, -0.25) is 4.79 Å². The first-order valence-corrected chi connectivity index (χ1v) is 8.46. The number of aliphatic hydroxyl groups is 1. The summed E-state index contributed by atoms with van der Waals surface area (Å²) in [4.78, 5) is 13.9. The Bertz CT molecular complexity index is 552. The summed E-state index contributed by atoms with van der Waals surface area (Å²) in [5.41, 5.74) is -1.50. The Morgan fingerprint density at radius 3 is 2.45 bits per heavy atom. The van der Waals surface area contributed by atoms with E-state index in [0.29, 0.717) is 12.8 Å². The maximum Gasteiger partial charge on any atom is 0.232 e. The summed E-state index contributed by atoms with van der Waals surface area (Å²) >= 11 is 1.62. The van der Waals surface area contributed by atoms with Crippen molar-refractivity contribution in [2.45, 2.75) is 44.1 Å². The highest BCUT2D eigenvalue weighted by molar-refractivity contribution is 7.10. The van der Waals surface area contributed by atoms with Gasteiger partial charge in [0.15, 0.2) is 0 Å². The molecular weight excluding hydrogens is 294 g/mol. The average Bonchev–Trinajstić information content (AvgIpc) is 2.82. The Kier molecular flexibility index (Phi) is 4.64. The molecule has 120 valence electrons. The van der Waals surface area contributed by atoms with Crippen LogP contribution in [0.5, 0.6) is 0 Å². The molecule has 1 aliphatic carbocycles. The van der Waals surface area contributed by atoms with Crippen molar-refractivity contribution < 1.29 is 9.90 Å². The average molecular weight is 319 g/mol. The lowest BCUT2D eigenvalue weighted by Gasteiger charge is -2.28. The molecule has 1 amide bonds. The third kappa shape index (κ3) is 2.90. The van der Waals surface area contributed by atoms with E-state index in [1.807, 2.05) is 17.5 Å². The third-order valence-electron chi connectivity index (χ3n) is 4.69. The zero-order chi connectivity index (χ0) is 16.4. The molecule has 3 nitrogen and oxygen atoms in total. The number of rotatable bonds is 8. The van der Waals surface area contributed by atoms with E-state index in [1.54, 1.807) is 23.5 Å². The molecule has 0 bridgehead atoms. The number of nitrogens with one attached hydrogen (secondary N) is 1. The molecule has 1 aromatic heterocycles. The number of carbonyl (C=O) groups excluding carboxylic acids is 1. The lowest BCUT2D eigenvalue weighted by atomic mass is 9.91. The van der Waals surface area contributed by atoms with Crippen LogP contribution in [0.3, 0.4) is 0 Å². The molecule has 1 fully saturated rings. The summed E-state index contributed by atoms with van der Waals surface area (Å²) in [5, 5.41) is 15.5. The normalized spacial score (nSPS) is 22.9. The van der Waals surface area contributed by atoms with Gasteiger partial charge in [0.05, 0.1) is 11.0 Å². The van der Waals surface area contributed by atoms with Gasteiger partial charge in [0.1, 0.15) is 0 Å². The Morgan fingerprint density at radius 1 is 1.45 bits per heavy atom. The monoisotopic (exact) mass is 319 g/mol. The molecule has 0 saturated heterocycles. The van der Waals surface area contributed by atoms with E-state index in [-0.39, 0.29) is 17.9 Å². The molecule has 1 aromatic rings. The molecule has 2 rings (SSSR count). The zero-order valence-corrected chi connectivity index (χ0v) is 14.2. The molecule has 0 aliphatic heterocycles. The molecule has 1 saturated carbocycles. The van der Waals surface area contributed by atoms with E-state index in [0.717, 1.165) is 11.3 Å². The molecule has 0 unspecified atom stereocenters. The van der Waals surface area contributed by atoms with Crippen LogP contribution < -0.4 is 5.32 Å². The fourth-order valence-corrected chi connectivity index (χ4v) is 4.32. The largest absolute Gasteiger partial charge is 0.387 e. The number of amides is 1. The smallest absolute Gasteiger partial charge is 0.232 e. The maximum atomic E-state index is 12.8. The molecule has 0 aromatic carbocycles. The molecule has 1 heterocycles. The highest BCUT2D eigenvalue weighted by Crippen LogP contribution is 2.65. The predicted molar refractivity (Wildman–Crippen MR) is 92.0 cm³/mol. The van der Waals surface area contributed by atoms with E-state index in [9.17, 15) is 9.90 Å². The molecule has 4 heteroatoms. The van der Waals surface area contributed by atoms with E-state index < -0.39 is 11.0 Å². The van der Waals surface area contributed by atoms with Crippen molar-refractivity contribution in [1.29, 1.82) is 0 Å². The van der Waals surface area contributed by atoms with Crippen molar-refractivity contribution in [3.05, 3.63) is 47.7 Å². The molecule has 1 atom stereocenters. The second-order valence-electron chi connectivity index (χ2n) is 6.84. The van der Waals surface area contributed by atoms with Crippen molar-refractivity contribution in [1.82, 2.24) is 5.32 Å². The number of hydrogen-bond donors (Lipinski definition) is 2. The minimum absolute atomic E-state index is 0.00602. The number of carbonyl (C=O) groups is 1. The van der Waals surface area contributed by atoms with Gasteiger partial charge in [-0.25, -0.2) is 0 Å². The van der Waals surface area contributed by atoms with E-state index in [1.165, 1.54) is 0 Å². The minimum Gasteiger partial charge on any atom is -0.387 e. The second-order valence-corrected chi connectivity index (χ2v) is 7.78. The second kappa shape index (κ2) is 6.01. The molecule has 2 N–H and O–H groups in total. The summed E-state index contributed by atoms with van der Waals surface area (Å²) in [7, 11) is 0. The highest BCUT2D eigenvalue weighted by atomic mass is 32.1. The lowest BCUT2D eigenvalue weighted by Crippen LogP contribution is -2.46. The van der Waals surface area contributed by atoms with Gasteiger partial charge >= 0.3 is 0 Å². The van der Waals surface area contributed by atoms with Crippen LogP contribution in [-0.4, -0.2) is 23.2 Å². The van der Waals surface area contributed by atoms with Gasteiger partial charge in [-0.1, -0.05) is 32.1 Å². The van der Waals surface area contributed by atoms with E-state index >= 15 is 0 Å². The Balaban J connectivity index is 2.11. The Labute approximate surface area is 136 Å². The highest BCUT2D eigenvalue weighted by Gasteiger charge is 2.67. The predicted octanol–water partition coefficient (Wildman–Crippen LogP) is 3.42. The van der Waals surface area contributed by atoms with Crippen LogP contribution in [0.2, 0.25) is 0 Å². The molecule has 22 heavy (non-hydrogen) atoms. The summed E-state index contributed by atoms with van der Waals surface area (Å²) < 4.78 is 0. The fourth-order valence-electron chi connectivity index (χ4n) is 3.22. The third-order valence-corrected chi connectivity index (χ3v) is 5.73. The van der Waals surface area contributed by atoms with Gasteiger partial charge in [-0.15, -0.1) is 24.5 Å². The number of thiophene rings is 1. The molecule has 1 aliphatic rings. The van der Waals surface area contributed by atoms with Crippen LogP contribution in [0, 0.1) is 5.41 Å². The van der Waals surface area contributed by atoms with Crippen LogP contribution in [0.1, 0.15) is 38.0 Å². The van der Waals surface area contributed by atoms with Crippen molar-refractivity contribution in [3.8, 4) is 0 Å². The summed E-state index contributed by atoms with van der Waals surface area (Å²) in [6.07, 6.45) is 5.04. The van der Waals surface area contributed by atoms with Crippen LogP contribution in [0.4, 0.5) is 0 Å². The molecule has 0 radical (unpaired) electrons. The van der Waals surface area contributed by atoms with Crippen molar-refractivity contribution in [2.75, 3.05) is 6.54 Å². The van der Waals surface area contributed by atoms with Gasteiger partial charge < -0.3 is 10.4 Å². The van der Waals surface area contributed by atoms with Crippen molar-refractivity contribution in [3.63, 3.8) is 0 Å². The fraction of sp³-hybridized carbons (Fsp3) is 0.500. The van der Waals surface area contributed by atoms with Crippen LogP contribution in [0.25, 0.3) is 0 Å². The first kappa shape index (κ1) is 17.0. The van der Waals surface area contributed by atoms with E-state index in [2.05, 4.69) is 32.3 Å². The summed E-state index contributed by atoms with van der Waals surface area (Å²) in [6.45, 7) is 11.8. The standard InChI is InChI=1S/C18H25NO2S/c1-5-9-17(21,10-6-2)13-19-15(20)18(12-16(18,3)4)14-8-7-11-22-14/h5-8,11,21H,1-2,9-10,12-13H2,3-4H3,(H,19,20)/t18-/m1/s1. The summed E-state index contributed by atoms with van der Waals surface area (Å²) in [6, 6.07) is 4.01. The van der Waals surface area contributed by atoms with Gasteiger partial charge in [-0.2, -0.15) is 0 Å². The van der Waals surface area contributed by atoms with E-state index in [4.69, 9.17) is 0 Å². The quantitative estimate of drug-likeness (QED) is 0.721. The minimum atomic E-state index is -1.01. The van der Waals surface area contributed by atoms with Crippen LogP contribution in [-0.2, 0) is 10.2 Å². The lowest BCUT2D eigenvalue weighted by molar-refractivity contribution is -0.125. The summed E-state index contributed by atoms with van der Waals surface area (Å²) in [5.74, 6) is 0.00602. The zero-order valence-electron chi connectivity index (χ0n) is 13.4.